The van der Waals surface area contributed by atoms with Crippen LogP contribution in [0.4, 0.5) is 11.4 Å². The van der Waals surface area contributed by atoms with Crippen LogP contribution in [0.25, 0.3) is 0 Å². The van der Waals surface area contributed by atoms with E-state index in [0.29, 0.717) is 6.07 Å². The molecule has 0 heterocycles. The van der Waals surface area contributed by atoms with Crippen molar-refractivity contribution in [2.75, 3.05) is 19.8 Å². The summed E-state index contributed by atoms with van der Waals surface area (Å²) in [4.78, 5) is 34.8. The molecule has 33 heavy (non-hydrogen) atoms. The van der Waals surface area contributed by atoms with Gasteiger partial charge in [-0.3, -0.25) is 33.8 Å². The van der Waals surface area contributed by atoms with Gasteiger partial charge in [-0.15, -0.1) is 0 Å². The molecular weight excluding hydrogens is 459 g/mol. The van der Waals surface area contributed by atoms with Crippen molar-refractivity contribution < 1.29 is 37.5 Å². The lowest BCUT2D eigenvalue weighted by Gasteiger charge is -2.34. The molecule has 0 radical (unpaired) electrons. The Morgan fingerprint density at radius 1 is 0.939 bits per heavy atom. The van der Waals surface area contributed by atoms with E-state index in [1.807, 2.05) is 0 Å². The molecule has 0 bridgehead atoms. The first-order valence-electron chi connectivity index (χ1n) is 9.91. The van der Waals surface area contributed by atoms with E-state index in [2.05, 4.69) is 0 Å². The third-order valence-electron chi connectivity index (χ3n) is 4.33. The zero-order chi connectivity index (χ0) is 24.6. The lowest BCUT2D eigenvalue weighted by molar-refractivity contribution is -0.395. The lowest BCUT2D eigenvalue weighted by atomic mass is 9.85. The van der Waals surface area contributed by atoms with E-state index in [0.717, 1.165) is 12.1 Å². The average molecular weight is 482 g/mol. The van der Waals surface area contributed by atoms with Crippen molar-refractivity contribution in [2.24, 2.45) is 0 Å². The molecule has 1 atom stereocenters. The predicted molar refractivity (Wildman–Crippen MR) is 116 cm³/mol. The minimum Gasteiger partial charge on any atom is -0.463 e. The van der Waals surface area contributed by atoms with Gasteiger partial charge in [0.2, 0.25) is 5.60 Å². The third-order valence-corrected chi connectivity index (χ3v) is 5.98. The van der Waals surface area contributed by atoms with Crippen molar-refractivity contribution >= 4 is 25.2 Å². The van der Waals surface area contributed by atoms with Crippen molar-refractivity contribution in [3.05, 3.63) is 79.9 Å². The molecule has 0 aliphatic heterocycles. The first kappa shape index (κ1) is 26.1. The second-order valence-electron chi connectivity index (χ2n) is 6.36. The number of carbonyl (C=O) groups is 1. The Morgan fingerprint density at radius 2 is 1.55 bits per heavy atom. The number of phosphoric acid groups is 1. The number of nitro benzene ring substituents is 2. The van der Waals surface area contributed by atoms with Crippen molar-refractivity contribution in [1.82, 2.24) is 0 Å². The molecule has 1 unspecified atom stereocenters. The van der Waals surface area contributed by atoms with Gasteiger partial charge < -0.3 is 4.74 Å². The SMILES string of the molecule is CCOC(=O)C(OP(=O)(OCC)OCC)(c1ccccc1)c1ccc([N+](=O)[O-])cc1[N+](=O)[O-]. The largest absolute Gasteiger partial charge is 0.476 e. The summed E-state index contributed by atoms with van der Waals surface area (Å²) < 4.78 is 34.7. The molecule has 2 aromatic carbocycles. The Balaban J connectivity index is 2.98. The maximum absolute atomic E-state index is 13.4. The number of benzene rings is 2. The van der Waals surface area contributed by atoms with Crippen LogP contribution in [0.2, 0.25) is 0 Å². The summed E-state index contributed by atoms with van der Waals surface area (Å²) in [6, 6.07) is 10.1. The Bertz CT molecular complexity index is 1050. The number of hydrogen-bond acceptors (Lipinski definition) is 10. The van der Waals surface area contributed by atoms with Crippen LogP contribution in [0.15, 0.2) is 48.5 Å². The molecule has 0 fully saturated rings. The number of phosphoric ester groups is 1. The molecule has 0 saturated carbocycles. The second-order valence-corrected chi connectivity index (χ2v) is 7.95. The van der Waals surface area contributed by atoms with Crippen LogP contribution in [0.1, 0.15) is 31.9 Å². The summed E-state index contributed by atoms with van der Waals surface area (Å²) in [6.07, 6.45) is 0. The molecule has 0 N–H and O–H groups in total. The van der Waals surface area contributed by atoms with Crippen LogP contribution in [0.5, 0.6) is 0 Å². The van der Waals surface area contributed by atoms with Gasteiger partial charge in [0.1, 0.15) is 0 Å². The zero-order valence-corrected chi connectivity index (χ0v) is 19.1. The summed E-state index contributed by atoms with van der Waals surface area (Å²) in [5.41, 5.74) is -4.34. The molecule has 0 aliphatic rings. The van der Waals surface area contributed by atoms with Gasteiger partial charge in [-0.2, -0.15) is 0 Å². The van der Waals surface area contributed by atoms with Gasteiger partial charge >= 0.3 is 13.8 Å². The molecule has 0 aromatic heterocycles. The van der Waals surface area contributed by atoms with E-state index < -0.39 is 46.2 Å². The molecule has 0 spiro atoms. The second kappa shape index (κ2) is 11.1. The van der Waals surface area contributed by atoms with Crippen molar-refractivity contribution in [1.29, 1.82) is 0 Å². The van der Waals surface area contributed by atoms with Gasteiger partial charge in [0.25, 0.3) is 11.4 Å². The highest BCUT2D eigenvalue weighted by Crippen LogP contribution is 2.58. The normalized spacial score (nSPS) is 13.2. The van der Waals surface area contributed by atoms with E-state index in [1.54, 1.807) is 6.07 Å². The van der Waals surface area contributed by atoms with Gasteiger partial charge in [-0.25, -0.2) is 9.36 Å². The first-order valence-corrected chi connectivity index (χ1v) is 11.4. The van der Waals surface area contributed by atoms with Crippen LogP contribution in [-0.4, -0.2) is 35.6 Å². The van der Waals surface area contributed by atoms with Crippen molar-refractivity contribution in [3.8, 4) is 0 Å². The van der Waals surface area contributed by atoms with Crippen molar-refractivity contribution in [2.45, 2.75) is 26.4 Å². The van der Waals surface area contributed by atoms with Crippen molar-refractivity contribution in [3.63, 3.8) is 0 Å². The van der Waals surface area contributed by atoms with Crippen LogP contribution >= 0.6 is 7.82 Å². The van der Waals surface area contributed by atoms with Gasteiger partial charge in [-0.05, 0) is 26.8 Å². The van der Waals surface area contributed by atoms with E-state index >= 15 is 0 Å². The fourth-order valence-electron chi connectivity index (χ4n) is 3.08. The van der Waals surface area contributed by atoms with E-state index in [4.69, 9.17) is 18.3 Å². The summed E-state index contributed by atoms with van der Waals surface area (Å²) >= 11 is 0. The maximum atomic E-state index is 13.4. The summed E-state index contributed by atoms with van der Waals surface area (Å²) in [7, 11) is -4.49. The highest BCUT2D eigenvalue weighted by atomic mass is 31.2. The van der Waals surface area contributed by atoms with E-state index in [1.165, 1.54) is 45.0 Å². The average Bonchev–Trinajstić information content (AvgIpc) is 2.78. The van der Waals surface area contributed by atoms with Gasteiger partial charge in [0.15, 0.2) is 0 Å². The van der Waals surface area contributed by atoms with E-state index in [-0.39, 0.29) is 25.4 Å². The number of esters is 1. The number of carbonyl (C=O) groups excluding carboxylic acids is 1. The van der Waals surface area contributed by atoms with Gasteiger partial charge in [0.05, 0.1) is 41.3 Å². The molecule has 0 saturated heterocycles. The minimum absolute atomic E-state index is 0.0139. The van der Waals surface area contributed by atoms with Gasteiger partial charge in [-0.1, -0.05) is 30.3 Å². The van der Waals surface area contributed by atoms with Crippen LogP contribution in [0, 0.1) is 20.2 Å². The number of hydrogen-bond donors (Lipinski definition) is 0. The third kappa shape index (κ3) is 5.60. The summed E-state index contributed by atoms with van der Waals surface area (Å²) in [5, 5.41) is 23.1. The topological polar surface area (TPSA) is 157 Å². The highest BCUT2D eigenvalue weighted by Gasteiger charge is 2.54. The number of nitro groups is 2. The number of rotatable bonds is 12. The molecule has 13 heteroatoms. The maximum Gasteiger partial charge on any atom is 0.476 e. The number of nitrogens with zero attached hydrogens (tertiary/aromatic N) is 2. The van der Waals surface area contributed by atoms with Crippen LogP contribution in [0.3, 0.4) is 0 Å². The lowest BCUT2D eigenvalue weighted by Crippen LogP contribution is -2.41. The standard InChI is InChI=1S/C20H23N2O10P/c1-4-29-19(23)20(15-10-8-7-9-11-15,32-33(28,30-5-2)31-6-3)17-13-12-16(21(24)25)14-18(17)22(26)27/h7-14H,4-6H2,1-3H3. The van der Waals surface area contributed by atoms with E-state index in [9.17, 15) is 29.6 Å². The predicted octanol–water partition coefficient (Wildman–Crippen LogP) is 4.51. The molecular formula is C20H23N2O10P. The quantitative estimate of drug-likeness (QED) is 0.182. The first-order chi connectivity index (χ1) is 15.6. The molecule has 0 amide bonds. The number of non-ortho nitro benzene ring substituents is 1. The molecule has 2 aromatic rings. The monoisotopic (exact) mass is 482 g/mol. The Hall–Kier alpha value is -3.18. The molecule has 0 aliphatic carbocycles. The molecule has 2 rings (SSSR count). The Morgan fingerprint density at radius 3 is 2.03 bits per heavy atom. The number of ether oxygens (including phenoxy) is 1. The highest BCUT2D eigenvalue weighted by molar-refractivity contribution is 7.48. The van der Waals surface area contributed by atoms with Crippen LogP contribution < -0.4 is 0 Å². The fraction of sp³-hybridized carbons (Fsp3) is 0.350. The zero-order valence-electron chi connectivity index (χ0n) is 18.2. The smallest absolute Gasteiger partial charge is 0.463 e. The Labute approximate surface area is 189 Å². The molecule has 178 valence electrons. The fourth-order valence-corrected chi connectivity index (χ4v) is 4.51. The summed E-state index contributed by atoms with van der Waals surface area (Å²) in [5.74, 6) is -1.15. The molecule has 12 nitrogen and oxygen atoms in total. The minimum atomic E-state index is -4.49. The Kier molecular flexibility index (Phi) is 8.77. The van der Waals surface area contributed by atoms with Gasteiger partial charge in [0, 0.05) is 11.6 Å². The van der Waals surface area contributed by atoms with Crippen LogP contribution in [-0.2, 0) is 33.3 Å². The summed E-state index contributed by atoms with van der Waals surface area (Å²) in [6.45, 7) is 4.12.